The van der Waals surface area contributed by atoms with E-state index in [1.807, 2.05) is 277 Å². The van der Waals surface area contributed by atoms with Crippen LogP contribution in [-0.2, 0) is 133 Å². The van der Waals surface area contributed by atoms with Gasteiger partial charge in [0.15, 0.2) is 25.0 Å². The summed E-state index contributed by atoms with van der Waals surface area (Å²) < 4.78 is 114. The lowest BCUT2D eigenvalue weighted by atomic mass is 9.91. The fourth-order valence-corrected chi connectivity index (χ4v) is 13.7. The Morgan fingerprint density at radius 2 is 0.554 bits per heavy atom. The first kappa shape index (κ1) is 73.4. The van der Waals surface area contributed by atoms with Gasteiger partial charge in [0.25, 0.3) is 0 Å². The molecule has 8 aromatic carbocycles. The molecule has 20 atom stereocenters. The molecular weight excluding hydrogens is 1280 g/mol. The maximum Gasteiger partial charge on any atom is 0.303 e. The first-order valence-corrected chi connectivity index (χ1v) is 35.4. The molecule has 0 N–H and O–H groups in total. The summed E-state index contributed by atoms with van der Waals surface area (Å²) in [5, 5.41) is 0. The van der Waals surface area contributed by atoms with Crippen LogP contribution in [0.1, 0.15) is 86.1 Å². The number of carbonyl (C=O) groups is 1. The van der Waals surface area contributed by atoms with Crippen LogP contribution in [0, 0.1) is 5.92 Å². The molecule has 0 saturated carbocycles. The van der Waals surface area contributed by atoms with Gasteiger partial charge in [0.05, 0.1) is 90.0 Å². The van der Waals surface area contributed by atoms with Crippen molar-refractivity contribution < 1.29 is 80.6 Å². The van der Waals surface area contributed by atoms with Gasteiger partial charge in [-0.05, 0) is 72.2 Å². The first-order valence-electron chi connectivity index (χ1n) is 35.4. The largest absolute Gasteiger partial charge is 0.457 e. The second-order valence-electron chi connectivity index (χ2n) is 26.6. The number of rotatable bonds is 32. The lowest BCUT2D eigenvalue weighted by Gasteiger charge is -2.52. The molecule has 534 valence electrons. The normalized spacial score (nSPS) is 29.8. The van der Waals surface area contributed by atoms with E-state index in [9.17, 15) is 4.79 Å². The van der Waals surface area contributed by atoms with Gasteiger partial charge in [-0.25, -0.2) is 0 Å². The van der Waals surface area contributed by atoms with E-state index in [2.05, 4.69) is 0 Å². The number of hydrogen-bond acceptors (Lipinski definition) is 17. The van der Waals surface area contributed by atoms with Crippen molar-refractivity contribution in [2.24, 2.45) is 5.92 Å². The molecule has 0 bridgehead atoms. The zero-order valence-corrected chi connectivity index (χ0v) is 58.4. The van der Waals surface area contributed by atoms with Crippen LogP contribution in [-0.4, -0.2) is 129 Å². The van der Waals surface area contributed by atoms with Gasteiger partial charge in [0, 0.05) is 12.8 Å². The van der Waals surface area contributed by atoms with Crippen molar-refractivity contribution in [3.8, 4) is 0 Å². The van der Waals surface area contributed by atoms with Crippen LogP contribution in [0.3, 0.4) is 0 Å². The topological polar surface area (TPSA) is 165 Å². The monoisotopic (exact) mass is 1380 g/mol. The van der Waals surface area contributed by atoms with E-state index in [0.29, 0.717) is 6.61 Å². The Labute approximate surface area is 594 Å². The summed E-state index contributed by atoms with van der Waals surface area (Å²) in [4.78, 5) is 13.2. The quantitative estimate of drug-likeness (QED) is 0.0365. The van der Waals surface area contributed by atoms with Crippen molar-refractivity contribution in [1.82, 2.24) is 0 Å². The molecule has 101 heavy (non-hydrogen) atoms. The zero-order chi connectivity index (χ0) is 69.7. The molecule has 4 aliphatic rings. The SMILES string of the molecule is CC(=O)OC1C(C)OC(C)[C@H](OCc2ccccc2)[C@@H]1O[C@@H]1OC(C)[C@H](OCc2ccccc2)[C@H](OCc2ccccc2)C1O[C@@H]1OC(C)[C@H](OCc2ccccc2)[C@H](O[C@H]2O[C@@H](COCc3ccccc3)[C@@H](OCc3ccccc3)C(OCc3ccccc3)C2OCc2ccccc2)C1C. The zero-order valence-electron chi connectivity index (χ0n) is 58.4. The van der Waals surface area contributed by atoms with Crippen molar-refractivity contribution in [2.75, 3.05) is 6.61 Å². The minimum Gasteiger partial charge on any atom is -0.457 e. The Kier molecular flexibility index (Phi) is 27.0. The highest BCUT2D eigenvalue weighted by Gasteiger charge is 2.57. The highest BCUT2D eigenvalue weighted by Crippen LogP contribution is 2.42. The van der Waals surface area contributed by atoms with Gasteiger partial charge in [0.2, 0.25) is 0 Å². The maximum atomic E-state index is 13.2. The summed E-state index contributed by atoms with van der Waals surface area (Å²) in [5.74, 6) is -1.19. The molecule has 0 aliphatic carbocycles. The van der Waals surface area contributed by atoms with E-state index in [1.165, 1.54) is 6.92 Å². The van der Waals surface area contributed by atoms with Crippen molar-refractivity contribution in [3.05, 3.63) is 287 Å². The van der Waals surface area contributed by atoms with Crippen LogP contribution >= 0.6 is 0 Å². The number of hydrogen-bond donors (Lipinski definition) is 0. The van der Waals surface area contributed by atoms with E-state index in [0.717, 1.165) is 44.5 Å². The van der Waals surface area contributed by atoms with E-state index in [4.69, 9.17) is 75.8 Å². The molecule has 0 amide bonds. The van der Waals surface area contributed by atoms with Gasteiger partial charge in [-0.1, -0.05) is 250 Å². The maximum absolute atomic E-state index is 13.2. The van der Waals surface area contributed by atoms with Crippen molar-refractivity contribution in [2.45, 2.75) is 211 Å². The Bertz CT molecular complexity index is 3650. The fourth-order valence-electron chi connectivity index (χ4n) is 13.7. The van der Waals surface area contributed by atoms with Gasteiger partial charge < -0.3 is 75.8 Å². The van der Waals surface area contributed by atoms with E-state index in [1.54, 1.807) is 0 Å². The van der Waals surface area contributed by atoms with Gasteiger partial charge in [0.1, 0.15) is 61.0 Å². The number of esters is 1. The highest BCUT2D eigenvalue weighted by molar-refractivity contribution is 5.66. The molecular formula is C84H96O17. The molecule has 17 heteroatoms. The molecule has 0 spiro atoms. The lowest BCUT2D eigenvalue weighted by Crippen LogP contribution is -2.66. The van der Waals surface area contributed by atoms with Crippen LogP contribution < -0.4 is 0 Å². The third-order valence-electron chi connectivity index (χ3n) is 19.0. The third-order valence-corrected chi connectivity index (χ3v) is 19.0. The predicted octanol–water partition coefficient (Wildman–Crippen LogP) is 14.0. The van der Waals surface area contributed by atoms with Crippen molar-refractivity contribution in [1.29, 1.82) is 0 Å². The van der Waals surface area contributed by atoms with E-state index < -0.39 is 128 Å². The van der Waals surface area contributed by atoms with Crippen molar-refractivity contribution in [3.63, 3.8) is 0 Å². The summed E-state index contributed by atoms with van der Waals surface area (Å²) in [6.45, 7) is 13.0. The first-order chi connectivity index (χ1) is 49.5. The summed E-state index contributed by atoms with van der Waals surface area (Å²) in [6.07, 6.45) is -16.3. The molecule has 4 heterocycles. The molecule has 12 rings (SSSR count). The summed E-state index contributed by atoms with van der Waals surface area (Å²) >= 11 is 0. The van der Waals surface area contributed by atoms with Gasteiger partial charge in [-0.2, -0.15) is 0 Å². The van der Waals surface area contributed by atoms with E-state index >= 15 is 0 Å². The average molecular weight is 1380 g/mol. The minimum atomic E-state index is -1.24. The minimum absolute atomic E-state index is 0.102. The molecule has 17 nitrogen and oxygen atoms in total. The van der Waals surface area contributed by atoms with Crippen LogP contribution in [0.15, 0.2) is 243 Å². The summed E-state index contributed by atoms with van der Waals surface area (Å²) in [5.41, 5.74) is 7.62. The number of ether oxygens (including phenoxy) is 16. The number of benzene rings is 8. The Morgan fingerprint density at radius 1 is 0.277 bits per heavy atom. The highest BCUT2D eigenvalue weighted by atomic mass is 16.8. The number of carbonyl (C=O) groups excluding carboxylic acids is 1. The summed E-state index contributed by atoms with van der Waals surface area (Å²) in [7, 11) is 0. The van der Waals surface area contributed by atoms with Crippen molar-refractivity contribution >= 4 is 5.97 Å². The van der Waals surface area contributed by atoms with E-state index in [-0.39, 0.29) is 52.9 Å². The predicted molar refractivity (Wildman–Crippen MR) is 378 cm³/mol. The van der Waals surface area contributed by atoms with Crippen LogP contribution in [0.4, 0.5) is 0 Å². The standard InChI is InChI=1S/C84H96O17/c1-56-71(99-83-80(93-54-69-45-29-14-30-46-69)78(92-53-68-43-27-13-28-44-68)76(90-51-66-39-23-11-24-40-66)70(98-83)55-86-47-62-31-15-7-16-32-62)72(87-48-63-33-17-8-18-34-63)58(3)95-82(56)101-81-77(91-52-67-41-25-12-26-42-67)73(88-49-64-35-19-9-20-36-64)59(4)96-84(81)100-79-74(89-50-65-37-21-10-22-38-65)57(2)94-60(5)75(79)97-61(6)85/h7-46,56-60,70-84H,47-55H2,1-6H3/t56?,57?,58?,59?,60?,70-,71+,72-,73-,74-,75?,76+,77-,78?,79-,80?,81?,82-,83+,84-/m0/s1. The molecule has 4 fully saturated rings. The van der Waals surface area contributed by atoms with Gasteiger partial charge in [-0.15, -0.1) is 0 Å². The summed E-state index contributed by atoms with van der Waals surface area (Å²) in [6, 6.07) is 80.0. The smallest absolute Gasteiger partial charge is 0.303 e. The average Bonchev–Trinajstić information content (AvgIpc) is 0.767. The third kappa shape index (κ3) is 20.3. The van der Waals surface area contributed by atoms with Crippen LogP contribution in [0.25, 0.3) is 0 Å². The molecule has 8 aromatic rings. The molecule has 0 aromatic heterocycles. The fraction of sp³-hybridized carbons (Fsp3) is 0.417. The van der Waals surface area contributed by atoms with Crippen LogP contribution in [0.2, 0.25) is 0 Å². The van der Waals surface area contributed by atoms with Gasteiger partial charge >= 0.3 is 5.97 Å². The van der Waals surface area contributed by atoms with Crippen LogP contribution in [0.5, 0.6) is 0 Å². The molecule has 0 radical (unpaired) electrons. The second kappa shape index (κ2) is 37.2. The molecule has 9 unspecified atom stereocenters. The lowest BCUT2D eigenvalue weighted by molar-refractivity contribution is -0.393. The molecule has 4 aliphatic heterocycles. The van der Waals surface area contributed by atoms with Gasteiger partial charge in [-0.3, -0.25) is 4.79 Å². The Morgan fingerprint density at radius 3 is 0.950 bits per heavy atom. The molecule has 4 saturated heterocycles. The Hall–Kier alpha value is -7.37. The second-order valence-corrected chi connectivity index (χ2v) is 26.6. The Balaban J connectivity index is 0.941.